The van der Waals surface area contributed by atoms with Gasteiger partial charge in [0.2, 0.25) is 0 Å². The van der Waals surface area contributed by atoms with Crippen molar-refractivity contribution in [3.05, 3.63) is 54.1 Å². The maximum Gasteiger partial charge on any atom is 0.191 e. The summed E-state index contributed by atoms with van der Waals surface area (Å²) in [5.41, 5.74) is 2.39. The molecule has 2 fully saturated rings. The monoisotopic (exact) mass is 422 g/mol. The molecule has 0 amide bonds. The van der Waals surface area contributed by atoms with E-state index in [2.05, 4.69) is 56.9 Å². The number of rotatable bonds is 9. The summed E-state index contributed by atoms with van der Waals surface area (Å²) >= 11 is 0. The molecule has 0 bridgehead atoms. The van der Waals surface area contributed by atoms with Crippen molar-refractivity contribution in [2.24, 2.45) is 16.8 Å². The lowest BCUT2D eigenvalue weighted by Crippen LogP contribution is -2.40. The Labute approximate surface area is 185 Å². The summed E-state index contributed by atoms with van der Waals surface area (Å²) in [6.45, 7) is 4.53. The highest BCUT2D eigenvalue weighted by Crippen LogP contribution is 2.30. The Morgan fingerprint density at radius 1 is 1.06 bits per heavy atom. The third kappa shape index (κ3) is 6.06. The first-order valence-electron chi connectivity index (χ1n) is 11.3. The molecule has 2 N–H and O–H groups in total. The van der Waals surface area contributed by atoms with Crippen LogP contribution in [0.2, 0.25) is 0 Å². The molecule has 6 heteroatoms. The van der Waals surface area contributed by atoms with Crippen molar-refractivity contribution in [3.63, 3.8) is 0 Å². The van der Waals surface area contributed by atoms with Gasteiger partial charge in [-0.25, -0.2) is 0 Å². The summed E-state index contributed by atoms with van der Waals surface area (Å²) in [6.07, 6.45) is 3.76. The zero-order valence-corrected chi connectivity index (χ0v) is 18.6. The number of para-hydroxylation sites is 1. The number of nitrogens with zero attached hydrogens (tertiary/aromatic N) is 2. The average Bonchev–Trinajstić information content (AvgIpc) is 3.53. The summed E-state index contributed by atoms with van der Waals surface area (Å²) in [4.78, 5) is 6.83. The van der Waals surface area contributed by atoms with Crippen LogP contribution in [-0.4, -0.2) is 46.4 Å². The van der Waals surface area contributed by atoms with Crippen LogP contribution in [0.4, 0.5) is 5.69 Å². The predicted octanol–water partition coefficient (Wildman–Crippen LogP) is 3.68. The van der Waals surface area contributed by atoms with Gasteiger partial charge in [-0.15, -0.1) is 0 Å². The molecule has 166 valence electrons. The van der Waals surface area contributed by atoms with Crippen LogP contribution in [-0.2, 0) is 6.54 Å². The number of aliphatic imine (C=N–C) groups is 1. The molecule has 1 unspecified atom stereocenters. The summed E-state index contributed by atoms with van der Waals surface area (Å²) in [5.74, 6) is 4.04. The molecule has 1 saturated carbocycles. The van der Waals surface area contributed by atoms with Crippen molar-refractivity contribution in [3.8, 4) is 11.5 Å². The number of methoxy groups -OCH3 is 1. The number of ether oxygens (including phenoxy) is 2. The van der Waals surface area contributed by atoms with Gasteiger partial charge in [-0.05, 0) is 49.3 Å². The van der Waals surface area contributed by atoms with E-state index in [-0.39, 0.29) is 0 Å². The molecule has 0 radical (unpaired) electrons. The fraction of sp³-hybridized carbons (Fsp3) is 0.480. The fourth-order valence-corrected chi connectivity index (χ4v) is 3.96. The normalized spacial score (nSPS) is 18.7. The first-order chi connectivity index (χ1) is 15.2. The average molecular weight is 423 g/mol. The maximum absolute atomic E-state index is 6.02. The zero-order valence-electron chi connectivity index (χ0n) is 18.6. The van der Waals surface area contributed by atoms with E-state index in [9.17, 15) is 0 Å². The van der Waals surface area contributed by atoms with Crippen LogP contribution >= 0.6 is 0 Å². The molecule has 2 aromatic carbocycles. The van der Waals surface area contributed by atoms with Crippen LogP contribution in [0.25, 0.3) is 0 Å². The van der Waals surface area contributed by atoms with E-state index >= 15 is 0 Å². The summed E-state index contributed by atoms with van der Waals surface area (Å²) in [7, 11) is 3.54. The number of guanidine groups is 1. The highest BCUT2D eigenvalue weighted by molar-refractivity contribution is 5.79. The van der Waals surface area contributed by atoms with Crippen LogP contribution in [0, 0.1) is 11.8 Å². The van der Waals surface area contributed by atoms with Crippen molar-refractivity contribution in [2.45, 2.75) is 25.8 Å². The third-order valence-electron chi connectivity index (χ3n) is 6.08. The largest absolute Gasteiger partial charge is 0.497 e. The summed E-state index contributed by atoms with van der Waals surface area (Å²) in [5, 5.41) is 6.94. The third-order valence-corrected chi connectivity index (χ3v) is 6.08. The van der Waals surface area contributed by atoms with Crippen LogP contribution in [0.15, 0.2) is 53.5 Å². The second-order valence-electron chi connectivity index (χ2n) is 8.47. The molecule has 1 aliphatic heterocycles. The summed E-state index contributed by atoms with van der Waals surface area (Å²) < 4.78 is 11.4. The molecule has 4 rings (SSSR count). The first-order valence-corrected chi connectivity index (χ1v) is 11.3. The molecule has 6 nitrogen and oxygen atoms in total. The van der Waals surface area contributed by atoms with E-state index in [1.54, 1.807) is 7.11 Å². The Bertz CT molecular complexity index is 881. The lowest BCUT2D eigenvalue weighted by atomic mass is 10.1. The standard InChI is InChI=1S/C25H34N4O2/c1-26-25(28-16-21-6-3-4-9-24(21)31-18-19-10-11-19)27-15-20-12-13-29(17-20)22-7-5-8-23(14-22)30-2/h3-9,14,19-20H,10-13,15-18H2,1-2H3,(H2,26,27,28). The fourth-order valence-electron chi connectivity index (χ4n) is 3.96. The Kier molecular flexibility index (Phi) is 7.18. The molecule has 2 aliphatic rings. The van der Waals surface area contributed by atoms with Gasteiger partial charge >= 0.3 is 0 Å². The van der Waals surface area contributed by atoms with Crippen LogP contribution in [0.3, 0.4) is 0 Å². The minimum Gasteiger partial charge on any atom is -0.497 e. The van der Waals surface area contributed by atoms with E-state index in [1.165, 1.54) is 24.9 Å². The molecule has 0 aromatic heterocycles. The van der Waals surface area contributed by atoms with E-state index in [1.807, 2.05) is 19.2 Å². The van der Waals surface area contributed by atoms with Gasteiger partial charge < -0.3 is 25.0 Å². The van der Waals surface area contributed by atoms with Gasteiger partial charge in [0, 0.05) is 50.5 Å². The predicted molar refractivity (Wildman–Crippen MR) is 126 cm³/mol. The molecule has 0 spiro atoms. The number of hydrogen-bond donors (Lipinski definition) is 2. The maximum atomic E-state index is 6.02. The van der Waals surface area contributed by atoms with E-state index in [4.69, 9.17) is 9.47 Å². The number of benzene rings is 2. The smallest absolute Gasteiger partial charge is 0.191 e. The molecule has 1 saturated heterocycles. The zero-order chi connectivity index (χ0) is 21.5. The minimum absolute atomic E-state index is 0.582. The van der Waals surface area contributed by atoms with Gasteiger partial charge in [-0.3, -0.25) is 4.99 Å². The van der Waals surface area contributed by atoms with Crippen molar-refractivity contribution in [2.75, 3.05) is 45.3 Å². The van der Waals surface area contributed by atoms with Crippen molar-refractivity contribution >= 4 is 11.6 Å². The Morgan fingerprint density at radius 2 is 1.94 bits per heavy atom. The van der Waals surface area contributed by atoms with E-state index < -0.39 is 0 Å². The Morgan fingerprint density at radius 3 is 2.74 bits per heavy atom. The van der Waals surface area contributed by atoms with E-state index in [0.29, 0.717) is 12.5 Å². The molecule has 1 atom stereocenters. The SMILES string of the molecule is CN=C(NCc1ccccc1OCC1CC1)NCC1CCN(c2cccc(OC)c2)C1. The molecule has 1 heterocycles. The second-order valence-corrected chi connectivity index (χ2v) is 8.47. The topological polar surface area (TPSA) is 58.1 Å². The number of nitrogens with one attached hydrogen (secondary N) is 2. The van der Waals surface area contributed by atoms with Crippen LogP contribution in [0.5, 0.6) is 11.5 Å². The number of hydrogen-bond acceptors (Lipinski definition) is 4. The molecular formula is C25H34N4O2. The second kappa shape index (κ2) is 10.4. The van der Waals surface area contributed by atoms with Gasteiger partial charge in [0.05, 0.1) is 13.7 Å². The van der Waals surface area contributed by atoms with Crippen LogP contribution in [0.1, 0.15) is 24.8 Å². The van der Waals surface area contributed by atoms with Gasteiger partial charge in [0.1, 0.15) is 11.5 Å². The molecular weight excluding hydrogens is 388 g/mol. The lowest BCUT2D eigenvalue weighted by molar-refractivity contribution is 0.296. The van der Waals surface area contributed by atoms with Gasteiger partial charge in [-0.2, -0.15) is 0 Å². The quantitative estimate of drug-likeness (QED) is 0.477. The Balaban J connectivity index is 1.24. The molecule has 31 heavy (non-hydrogen) atoms. The summed E-state index contributed by atoms with van der Waals surface area (Å²) in [6, 6.07) is 16.6. The van der Waals surface area contributed by atoms with Gasteiger partial charge in [0.15, 0.2) is 5.96 Å². The minimum atomic E-state index is 0.582. The van der Waals surface area contributed by atoms with Crippen molar-refractivity contribution < 1.29 is 9.47 Å². The van der Waals surface area contributed by atoms with Gasteiger partial charge in [-0.1, -0.05) is 24.3 Å². The number of anilines is 1. The highest BCUT2D eigenvalue weighted by atomic mass is 16.5. The first kappa shape index (κ1) is 21.3. The lowest BCUT2D eigenvalue weighted by Gasteiger charge is -2.20. The van der Waals surface area contributed by atoms with E-state index in [0.717, 1.165) is 55.2 Å². The van der Waals surface area contributed by atoms with Crippen LogP contribution < -0.4 is 25.0 Å². The van der Waals surface area contributed by atoms with Crippen molar-refractivity contribution in [1.82, 2.24) is 10.6 Å². The highest BCUT2D eigenvalue weighted by Gasteiger charge is 2.24. The van der Waals surface area contributed by atoms with Gasteiger partial charge in [0.25, 0.3) is 0 Å². The molecule has 1 aliphatic carbocycles. The molecule has 2 aromatic rings. The van der Waals surface area contributed by atoms with Crippen molar-refractivity contribution in [1.29, 1.82) is 0 Å². The Hall–Kier alpha value is -2.89.